The summed E-state index contributed by atoms with van der Waals surface area (Å²) in [6, 6.07) is 5.94. The van der Waals surface area contributed by atoms with E-state index in [1.54, 1.807) is 6.07 Å². The zero-order valence-corrected chi connectivity index (χ0v) is 10.8. The van der Waals surface area contributed by atoms with Gasteiger partial charge in [-0.25, -0.2) is 4.39 Å². The fourth-order valence-corrected chi connectivity index (χ4v) is 1.82. The Hall–Kier alpha value is -0.410. The molecule has 0 aliphatic carbocycles. The summed E-state index contributed by atoms with van der Waals surface area (Å²) in [6.07, 6.45) is 1.75. The van der Waals surface area contributed by atoms with E-state index in [-0.39, 0.29) is 5.82 Å². The van der Waals surface area contributed by atoms with E-state index in [0.717, 1.165) is 24.9 Å². The average molecular weight is 274 g/mol. The molecule has 0 atom stereocenters. The molecule has 1 aromatic rings. The Morgan fingerprint density at radius 1 is 1.40 bits per heavy atom. The van der Waals surface area contributed by atoms with E-state index in [1.165, 1.54) is 0 Å². The average Bonchev–Trinajstić information content (AvgIpc) is 2.18. The molecule has 0 aromatic heterocycles. The standard InChI is InChI=1S/C12H17BrFN/c1-9(2)15-8-4-6-10-5-3-7-11(13)12(10)14/h3,5,7,9,15H,4,6,8H2,1-2H3. The fourth-order valence-electron chi connectivity index (χ4n) is 1.41. The predicted octanol–water partition coefficient (Wildman–Crippen LogP) is 3.52. The summed E-state index contributed by atoms with van der Waals surface area (Å²) in [6.45, 7) is 5.16. The van der Waals surface area contributed by atoms with Crippen LogP contribution in [0.5, 0.6) is 0 Å². The molecule has 1 aromatic carbocycles. The van der Waals surface area contributed by atoms with Gasteiger partial charge >= 0.3 is 0 Å². The summed E-state index contributed by atoms with van der Waals surface area (Å²) in [4.78, 5) is 0. The van der Waals surface area contributed by atoms with E-state index in [0.29, 0.717) is 10.5 Å². The van der Waals surface area contributed by atoms with Crippen LogP contribution in [0.25, 0.3) is 0 Å². The normalized spacial score (nSPS) is 11.0. The van der Waals surface area contributed by atoms with Crippen LogP contribution in [0.2, 0.25) is 0 Å². The first-order valence-corrected chi connectivity index (χ1v) is 6.07. The molecule has 1 rings (SSSR count). The van der Waals surface area contributed by atoms with Crippen molar-refractivity contribution in [3.63, 3.8) is 0 Å². The second-order valence-corrected chi connectivity index (χ2v) is 4.78. The minimum Gasteiger partial charge on any atom is -0.315 e. The molecule has 0 saturated heterocycles. The van der Waals surface area contributed by atoms with Gasteiger partial charge in [-0.1, -0.05) is 26.0 Å². The maximum Gasteiger partial charge on any atom is 0.140 e. The molecule has 0 amide bonds. The summed E-state index contributed by atoms with van der Waals surface area (Å²) in [5, 5.41) is 3.32. The van der Waals surface area contributed by atoms with Crippen LogP contribution in [0.3, 0.4) is 0 Å². The first kappa shape index (κ1) is 12.7. The quantitative estimate of drug-likeness (QED) is 0.810. The number of aryl methyl sites for hydroxylation is 1. The number of benzene rings is 1. The lowest BCUT2D eigenvalue weighted by atomic mass is 10.1. The van der Waals surface area contributed by atoms with Gasteiger partial charge in [0, 0.05) is 6.04 Å². The number of hydrogen-bond donors (Lipinski definition) is 1. The van der Waals surface area contributed by atoms with E-state index in [1.807, 2.05) is 12.1 Å². The molecular weight excluding hydrogens is 257 g/mol. The Morgan fingerprint density at radius 2 is 2.13 bits per heavy atom. The first-order chi connectivity index (χ1) is 7.11. The zero-order valence-electron chi connectivity index (χ0n) is 9.19. The topological polar surface area (TPSA) is 12.0 Å². The molecule has 0 saturated carbocycles. The predicted molar refractivity (Wildman–Crippen MR) is 65.6 cm³/mol. The van der Waals surface area contributed by atoms with Crippen LogP contribution in [-0.4, -0.2) is 12.6 Å². The number of halogens is 2. The summed E-state index contributed by atoms with van der Waals surface area (Å²) in [5.74, 6) is -0.123. The van der Waals surface area contributed by atoms with E-state index in [2.05, 4.69) is 35.1 Å². The van der Waals surface area contributed by atoms with Crippen LogP contribution in [0.15, 0.2) is 22.7 Å². The van der Waals surface area contributed by atoms with Crippen molar-refractivity contribution in [3.8, 4) is 0 Å². The Kier molecular flexibility index (Phi) is 5.26. The molecule has 0 unspecified atom stereocenters. The number of hydrogen-bond acceptors (Lipinski definition) is 1. The van der Waals surface area contributed by atoms with Gasteiger partial charge in [0.2, 0.25) is 0 Å². The summed E-state index contributed by atoms with van der Waals surface area (Å²) >= 11 is 3.19. The molecule has 0 radical (unpaired) electrons. The van der Waals surface area contributed by atoms with Crippen molar-refractivity contribution in [3.05, 3.63) is 34.1 Å². The molecular formula is C12H17BrFN. The molecule has 15 heavy (non-hydrogen) atoms. The molecule has 0 bridgehead atoms. The monoisotopic (exact) mass is 273 g/mol. The fraction of sp³-hybridized carbons (Fsp3) is 0.500. The van der Waals surface area contributed by atoms with E-state index >= 15 is 0 Å². The first-order valence-electron chi connectivity index (χ1n) is 5.27. The lowest BCUT2D eigenvalue weighted by Crippen LogP contribution is -2.24. The van der Waals surface area contributed by atoms with Gasteiger partial charge < -0.3 is 5.32 Å². The highest BCUT2D eigenvalue weighted by Gasteiger charge is 2.04. The van der Waals surface area contributed by atoms with Crippen LogP contribution in [0, 0.1) is 5.82 Å². The lowest BCUT2D eigenvalue weighted by molar-refractivity contribution is 0.557. The number of nitrogens with one attached hydrogen (secondary N) is 1. The van der Waals surface area contributed by atoms with Crippen LogP contribution < -0.4 is 5.32 Å². The minimum atomic E-state index is -0.123. The molecule has 0 spiro atoms. The molecule has 0 heterocycles. The van der Waals surface area contributed by atoms with Crippen LogP contribution in [-0.2, 0) is 6.42 Å². The Labute approximate surface area is 99.2 Å². The van der Waals surface area contributed by atoms with Crippen molar-refractivity contribution in [2.75, 3.05) is 6.54 Å². The van der Waals surface area contributed by atoms with Crippen LogP contribution >= 0.6 is 15.9 Å². The summed E-state index contributed by atoms with van der Waals surface area (Å²) in [7, 11) is 0. The molecule has 1 nitrogen and oxygen atoms in total. The SMILES string of the molecule is CC(C)NCCCc1cccc(Br)c1F. The van der Waals surface area contributed by atoms with Crippen molar-refractivity contribution in [1.82, 2.24) is 5.32 Å². The van der Waals surface area contributed by atoms with Gasteiger partial charge in [0.25, 0.3) is 0 Å². The van der Waals surface area contributed by atoms with E-state index < -0.39 is 0 Å². The molecule has 0 aliphatic rings. The largest absolute Gasteiger partial charge is 0.315 e. The third-order valence-corrected chi connectivity index (χ3v) is 2.82. The third kappa shape index (κ3) is 4.31. The van der Waals surface area contributed by atoms with Gasteiger partial charge in [-0.05, 0) is 46.9 Å². The van der Waals surface area contributed by atoms with Crippen molar-refractivity contribution in [2.24, 2.45) is 0 Å². The highest BCUT2D eigenvalue weighted by Crippen LogP contribution is 2.19. The zero-order chi connectivity index (χ0) is 11.3. The highest BCUT2D eigenvalue weighted by atomic mass is 79.9. The van der Waals surface area contributed by atoms with Gasteiger partial charge in [-0.2, -0.15) is 0 Å². The second-order valence-electron chi connectivity index (χ2n) is 3.93. The van der Waals surface area contributed by atoms with Crippen LogP contribution in [0.4, 0.5) is 4.39 Å². The second kappa shape index (κ2) is 6.23. The minimum absolute atomic E-state index is 0.123. The molecule has 3 heteroatoms. The summed E-state index contributed by atoms with van der Waals surface area (Å²) < 4.78 is 14.1. The van der Waals surface area contributed by atoms with Gasteiger partial charge in [0.1, 0.15) is 5.82 Å². The van der Waals surface area contributed by atoms with Crippen molar-refractivity contribution >= 4 is 15.9 Å². The maximum atomic E-state index is 13.5. The molecule has 0 aliphatic heterocycles. The van der Waals surface area contributed by atoms with Crippen molar-refractivity contribution in [1.29, 1.82) is 0 Å². The molecule has 0 fully saturated rings. The molecule has 84 valence electrons. The van der Waals surface area contributed by atoms with Crippen molar-refractivity contribution < 1.29 is 4.39 Å². The lowest BCUT2D eigenvalue weighted by Gasteiger charge is -2.08. The van der Waals surface area contributed by atoms with Crippen molar-refractivity contribution in [2.45, 2.75) is 32.7 Å². The Bertz CT molecular complexity index is 312. The van der Waals surface area contributed by atoms with Gasteiger partial charge in [0.05, 0.1) is 4.47 Å². The van der Waals surface area contributed by atoms with Gasteiger partial charge in [-0.15, -0.1) is 0 Å². The van der Waals surface area contributed by atoms with E-state index in [4.69, 9.17) is 0 Å². The van der Waals surface area contributed by atoms with Gasteiger partial charge in [0.15, 0.2) is 0 Å². The Balaban J connectivity index is 2.41. The highest BCUT2D eigenvalue weighted by molar-refractivity contribution is 9.10. The maximum absolute atomic E-state index is 13.5. The van der Waals surface area contributed by atoms with E-state index in [9.17, 15) is 4.39 Å². The third-order valence-electron chi connectivity index (χ3n) is 2.21. The molecule has 1 N–H and O–H groups in total. The van der Waals surface area contributed by atoms with Gasteiger partial charge in [-0.3, -0.25) is 0 Å². The smallest absolute Gasteiger partial charge is 0.140 e. The summed E-state index contributed by atoms with van der Waals surface area (Å²) in [5.41, 5.74) is 0.787. The Morgan fingerprint density at radius 3 is 2.80 bits per heavy atom. The van der Waals surface area contributed by atoms with Crippen LogP contribution in [0.1, 0.15) is 25.8 Å². The number of rotatable bonds is 5.